The second-order valence-corrected chi connectivity index (χ2v) is 6.08. The van der Waals surface area contributed by atoms with Gasteiger partial charge in [-0.3, -0.25) is 4.79 Å². The number of benzene rings is 1. The monoisotopic (exact) mass is 338 g/mol. The van der Waals surface area contributed by atoms with Crippen LogP contribution in [-0.4, -0.2) is 20.9 Å². The number of nitrogens with zero attached hydrogens (tertiary/aromatic N) is 1. The summed E-state index contributed by atoms with van der Waals surface area (Å²) in [6.07, 6.45) is 3.24. The molecular formula is C18H11FN2O2S. The third-order valence-corrected chi connectivity index (χ3v) is 4.54. The summed E-state index contributed by atoms with van der Waals surface area (Å²) in [6, 6.07) is 7.82. The van der Waals surface area contributed by atoms with Crippen molar-refractivity contribution in [2.75, 3.05) is 0 Å². The summed E-state index contributed by atoms with van der Waals surface area (Å²) in [5, 5.41) is 14.1. The van der Waals surface area contributed by atoms with Crippen molar-refractivity contribution in [3.8, 4) is 16.9 Å². The first kappa shape index (κ1) is 14.6. The number of phenolic OH excluding ortho intramolecular Hbond substituents is 1. The number of aromatic nitrogens is 2. The Hall–Kier alpha value is -2.99. The van der Waals surface area contributed by atoms with Crippen LogP contribution >= 0.6 is 11.3 Å². The van der Waals surface area contributed by atoms with Gasteiger partial charge in [0.2, 0.25) is 0 Å². The maximum atomic E-state index is 14.1. The van der Waals surface area contributed by atoms with E-state index in [1.54, 1.807) is 17.5 Å². The average Bonchev–Trinajstić information content (AvgIpc) is 3.25. The van der Waals surface area contributed by atoms with Crippen LogP contribution in [0.25, 0.3) is 22.2 Å². The van der Waals surface area contributed by atoms with E-state index in [2.05, 4.69) is 9.97 Å². The molecule has 4 aromatic rings. The number of halogens is 1. The standard InChI is InChI=1S/C18H11FN2O2S/c19-16-12(2-1-3-15(16)22)17(23)14-8-21-18-13(14)6-11(7-20-18)10-4-5-24-9-10/h1-9,22H,(H,20,21). The second-order valence-electron chi connectivity index (χ2n) is 5.30. The zero-order valence-electron chi connectivity index (χ0n) is 12.3. The van der Waals surface area contributed by atoms with E-state index in [-0.39, 0.29) is 5.56 Å². The summed E-state index contributed by atoms with van der Waals surface area (Å²) in [4.78, 5) is 20.0. The van der Waals surface area contributed by atoms with Crippen LogP contribution in [0.2, 0.25) is 0 Å². The number of aromatic hydroxyl groups is 1. The lowest BCUT2D eigenvalue weighted by molar-refractivity contribution is 0.103. The molecule has 0 saturated heterocycles. The molecule has 0 bridgehead atoms. The normalized spacial score (nSPS) is 11.0. The van der Waals surface area contributed by atoms with E-state index in [4.69, 9.17) is 0 Å². The van der Waals surface area contributed by atoms with E-state index < -0.39 is 17.3 Å². The minimum atomic E-state index is -0.918. The van der Waals surface area contributed by atoms with E-state index >= 15 is 0 Å². The number of nitrogens with one attached hydrogen (secondary N) is 1. The number of rotatable bonds is 3. The molecule has 0 atom stereocenters. The van der Waals surface area contributed by atoms with Crippen molar-refractivity contribution in [1.29, 1.82) is 0 Å². The van der Waals surface area contributed by atoms with Crippen LogP contribution in [-0.2, 0) is 0 Å². The van der Waals surface area contributed by atoms with Crippen molar-refractivity contribution < 1.29 is 14.3 Å². The van der Waals surface area contributed by atoms with E-state index in [1.165, 1.54) is 24.4 Å². The average molecular weight is 338 g/mol. The van der Waals surface area contributed by atoms with Crippen LogP contribution < -0.4 is 0 Å². The van der Waals surface area contributed by atoms with E-state index in [0.29, 0.717) is 16.6 Å². The molecule has 0 unspecified atom stereocenters. The van der Waals surface area contributed by atoms with Crippen LogP contribution in [0, 0.1) is 5.82 Å². The molecule has 0 radical (unpaired) electrons. The molecule has 24 heavy (non-hydrogen) atoms. The van der Waals surface area contributed by atoms with Gasteiger partial charge in [0.25, 0.3) is 0 Å². The number of aromatic amines is 1. The summed E-state index contributed by atoms with van der Waals surface area (Å²) < 4.78 is 14.1. The molecule has 4 rings (SSSR count). The number of carbonyl (C=O) groups excluding carboxylic acids is 1. The Balaban J connectivity index is 1.86. The molecule has 0 aliphatic heterocycles. The topological polar surface area (TPSA) is 66.0 Å². The van der Waals surface area contributed by atoms with Gasteiger partial charge < -0.3 is 10.1 Å². The van der Waals surface area contributed by atoms with E-state index in [1.807, 2.05) is 22.9 Å². The molecule has 3 aromatic heterocycles. The lowest BCUT2D eigenvalue weighted by Crippen LogP contribution is -2.03. The summed E-state index contributed by atoms with van der Waals surface area (Å²) in [6.45, 7) is 0. The maximum absolute atomic E-state index is 14.1. The van der Waals surface area contributed by atoms with Gasteiger partial charge in [0.05, 0.1) is 5.56 Å². The fourth-order valence-electron chi connectivity index (χ4n) is 2.62. The van der Waals surface area contributed by atoms with Crippen LogP contribution in [0.5, 0.6) is 5.75 Å². The zero-order chi connectivity index (χ0) is 16.7. The molecule has 2 N–H and O–H groups in total. The highest BCUT2D eigenvalue weighted by molar-refractivity contribution is 7.08. The highest BCUT2D eigenvalue weighted by atomic mass is 32.1. The van der Waals surface area contributed by atoms with E-state index in [0.717, 1.165) is 11.1 Å². The number of pyridine rings is 1. The number of fused-ring (bicyclic) bond motifs is 1. The number of H-pyrrole nitrogens is 1. The fraction of sp³-hybridized carbons (Fsp3) is 0. The third-order valence-electron chi connectivity index (χ3n) is 3.85. The van der Waals surface area contributed by atoms with Crippen molar-refractivity contribution in [3.05, 3.63) is 70.4 Å². The van der Waals surface area contributed by atoms with Crippen molar-refractivity contribution in [1.82, 2.24) is 9.97 Å². The first-order valence-electron chi connectivity index (χ1n) is 7.17. The quantitative estimate of drug-likeness (QED) is 0.545. The number of hydrogen-bond acceptors (Lipinski definition) is 4. The first-order chi connectivity index (χ1) is 11.6. The summed E-state index contributed by atoms with van der Waals surface area (Å²) >= 11 is 1.57. The van der Waals surface area contributed by atoms with Gasteiger partial charge in [0.1, 0.15) is 5.65 Å². The summed E-state index contributed by atoms with van der Waals surface area (Å²) in [7, 11) is 0. The van der Waals surface area contributed by atoms with Gasteiger partial charge in [-0.2, -0.15) is 11.3 Å². The Labute approximate surface area is 140 Å². The third kappa shape index (κ3) is 2.28. The predicted octanol–water partition coefficient (Wildman–Crippen LogP) is 4.37. The predicted molar refractivity (Wildman–Crippen MR) is 90.9 cm³/mol. The highest BCUT2D eigenvalue weighted by Crippen LogP contribution is 2.28. The Bertz CT molecular complexity index is 1050. The number of phenols is 1. The molecule has 3 heterocycles. The number of thiophene rings is 1. The largest absolute Gasteiger partial charge is 0.505 e. The van der Waals surface area contributed by atoms with Crippen molar-refractivity contribution in [2.45, 2.75) is 0 Å². The molecule has 4 nitrogen and oxygen atoms in total. The Morgan fingerprint density at radius 3 is 2.88 bits per heavy atom. The van der Waals surface area contributed by atoms with Gasteiger partial charge in [-0.1, -0.05) is 6.07 Å². The van der Waals surface area contributed by atoms with Crippen LogP contribution in [0.3, 0.4) is 0 Å². The van der Waals surface area contributed by atoms with Crippen molar-refractivity contribution in [3.63, 3.8) is 0 Å². The molecule has 1 aromatic carbocycles. The van der Waals surface area contributed by atoms with E-state index in [9.17, 15) is 14.3 Å². The second kappa shape index (κ2) is 5.58. The molecule has 0 spiro atoms. The smallest absolute Gasteiger partial charge is 0.198 e. The van der Waals surface area contributed by atoms with Gasteiger partial charge in [0.15, 0.2) is 17.3 Å². The van der Waals surface area contributed by atoms with Crippen LogP contribution in [0.15, 0.2) is 53.5 Å². The van der Waals surface area contributed by atoms with Gasteiger partial charge in [-0.05, 0) is 40.6 Å². The first-order valence-corrected chi connectivity index (χ1v) is 8.11. The maximum Gasteiger partial charge on any atom is 0.198 e. The molecule has 0 aliphatic carbocycles. The SMILES string of the molecule is O=C(c1cccc(O)c1F)c1c[nH]c2ncc(-c3ccsc3)cc12. The molecule has 0 fully saturated rings. The number of ketones is 1. The minimum absolute atomic E-state index is 0.170. The van der Waals surface area contributed by atoms with Gasteiger partial charge >= 0.3 is 0 Å². The zero-order valence-corrected chi connectivity index (χ0v) is 13.1. The molecule has 6 heteroatoms. The fourth-order valence-corrected chi connectivity index (χ4v) is 3.28. The molecule has 0 amide bonds. The molecule has 0 saturated carbocycles. The number of carbonyl (C=O) groups is 1. The van der Waals surface area contributed by atoms with Crippen LogP contribution in [0.4, 0.5) is 4.39 Å². The van der Waals surface area contributed by atoms with Crippen molar-refractivity contribution >= 4 is 28.2 Å². The van der Waals surface area contributed by atoms with Gasteiger partial charge in [-0.15, -0.1) is 0 Å². The summed E-state index contributed by atoms with van der Waals surface area (Å²) in [5.41, 5.74) is 2.60. The van der Waals surface area contributed by atoms with Crippen LogP contribution in [0.1, 0.15) is 15.9 Å². The Kier molecular flexibility index (Phi) is 3.39. The highest BCUT2D eigenvalue weighted by Gasteiger charge is 2.20. The van der Waals surface area contributed by atoms with Crippen molar-refractivity contribution in [2.24, 2.45) is 0 Å². The molecule has 0 aliphatic rings. The number of hydrogen-bond donors (Lipinski definition) is 2. The van der Waals surface area contributed by atoms with Gasteiger partial charge in [0, 0.05) is 28.9 Å². The van der Waals surface area contributed by atoms with Gasteiger partial charge in [-0.25, -0.2) is 9.37 Å². The molecular weight excluding hydrogens is 327 g/mol. The minimum Gasteiger partial charge on any atom is -0.505 e. The Morgan fingerprint density at radius 1 is 1.21 bits per heavy atom. The lowest BCUT2D eigenvalue weighted by Gasteiger charge is -2.04. The summed E-state index contributed by atoms with van der Waals surface area (Å²) in [5.74, 6) is -1.96. The Morgan fingerprint density at radius 2 is 2.08 bits per heavy atom. The lowest BCUT2D eigenvalue weighted by atomic mass is 10.0. The molecule has 118 valence electrons.